The van der Waals surface area contributed by atoms with Gasteiger partial charge in [0.05, 0.1) is 17.0 Å². The van der Waals surface area contributed by atoms with Crippen molar-refractivity contribution in [1.82, 2.24) is 19.7 Å². The zero-order valence-corrected chi connectivity index (χ0v) is 15.4. The molecule has 0 radical (unpaired) electrons. The number of thioether (sulfide) groups is 1. The lowest BCUT2D eigenvalue weighted by Crippen LogP contribution is -2.05. The summed E-state index contributed by atoms with van der Waals surface area (Å²) in [5.74, 6) is 0.439. The van der Waals surface area contributed by atoms with Crippen LogP contribution in [0.3, 0.4) is 0 Å². The normalized spacial score (nSPS) is 13.9. The quantitative estimate of drug-likeness (QED) is 0.391. The van der Waals surface area contributed by atoms with E-state index in [4.69, 9.17) is 0 Å². The molecule has 5 nitrogen and oxygen atoms in total. The molecule has 0 spiro atoms. The van der Waals surface area contributed by atoms with Crippen molar-refractivity contribution in [2.45, 2.75) is 24.0 Å². The maximum Gasteiger partial charge on any atom is 0.191 e. The van der Waals surface area contributed by atoms with Crippen LogP contribution in [0.1, 0.15) is 29.2 Å². The van der Waals surface area contributed by atoms with Gasteiger partial charge in [-0.25, -0.2) is 0 Å². The predicted octanol–water partition coefficient (Wildman–Crippen LogP) is 4.74. The Morgan fingerprint density at radius 2 is 1.89 bits per heavy atom. The smallest absolute Gasteiger partial charge is 0.191 e. The molecule has 1 aliphatic carbocycles. The molecule has 0 amide bonds. The minimum atomic E-state index is 0.0987. The van der Waals surface area contributed by atoms with Crippen molar-refractivity contribution in [3.05, 3.63) is 66.5 Å². The number of fused-ring (bicyclic) bond motifs is 1. The van der Waals surface area contributed by atoms with E-state index >= 15 is 0 Å². The molecule has 27 heavy (non-hydrogen) atoms. The molecule has 2 aromatic heterocycles. The minimum absolute atomic E-state index is 0.0987. The van der Waals surface area contributed by atoms with E-state index in [1.165, 1.54) is 24.6 Å². The van der Waals surface area contributed by atoms with Crippen LogP contribution in [0, 0.1) is 0 Å². The summed E-state index contributed by atoms with van der Waals surface area (Å²) in [4.78, 5) is 16.6. The second-order valence-corrected chi connectivity index (χ2v) is 7.69. The predicted molar refractivity (Wildman–Crippen MR) is 107 cm³/mol. The Labute approximate surface area is 160 Å². The summed E-state index contributed by atoms with van der Waals surface area (Å²) >= 11 is 1.47. The van der Waals surface area contributed by atoms with Gasteiger partial charge in [0.2, 0.25) is 0 Å². The maximum atomic E-state index is 13.2. The number of hydrogen-bond donors (Lipinski definition) is 1. The molecule has 5 rings (SSSR count). The molecule has 2 aromatic carbocycles. The van der Waals surface area contributed by atoms with Gasteiger partial charge in [-0.05, 0) is 24.5 Å². The van der Waals surface area contributed by atoms with Gasteiger partial charge in [-0.2, -0.15) is 0 Å². The molecule has 0 atom stereocenters. The molecule has 0 unspecified atom stereocenters. The molecule has 134 valence electrons. The van der Waals surface area contributed by atoms with E-state index in [0.717, 1.165) is 32.9 Å². The third-order valence-electron chi connectivity index (χ3n) is 4.86. The van der Waals surface area contributed by atoms with Crippen molar-refractivity contribution >= 4 is 28.4 Å². The number of benzene rings is 2. The van der Waals surface area contributed by atoms with Crippen LogP contribution >= 0.6 is 11.8 Å². The number of aromatic amines is 1. The highest BCUT2D eigenvalue weighted by molar-refractivity contribution is 7.99. The average Bonchev–Trinajstić information content (AvgIpc) is 3.31. The number of para-hydroxylation sites is 1. The SMILES string of the molecule is O=C(CSc1nncn1C1CC1)c1c(-c2ccccc2)[nH]c2ccccc12. The number of ketones is 1. The monoisotopic (exact) mass is 374 g/mol. The third kappa shape index (κ3) is 3.06. The molecule has 6 heteroatoms. The summed E-state index contributed by atoms with van der Waals surface area (Å²) in [5, 5.41) is 9.99. The number of carbonyl (C=O) groups excluding carboxylic acids is 1. The average molecular weight is 374 g/mol. The van der Waals surface area contributed by atoms with Gasteiger partial charge < -0.3 is 9.55 Å². The lowest BCUT2D eigenvalue weighted by Gasteiger charge is -2.06. The van der Waals surface area contributed by atoms with E-state index in [-0.39, 0.29) is 5.78 Å². The van der Waals surface area contributed by atoms with E-state index in [0.29, 0.717) is 11.8 Å². The van der Waals surface area contributed by atoms with Gasteiger partial charge in [0.25, 0.3) is 0 Å². The topological polar surface area (TPSA) is 63.6 Å². The number of nitrogens with one attached hydrogen (secondary N) is 1. The molecule has 2 heterocycles. The van der Waals surface area contributed by atoms with Crippen LogP contribution < -0.4 is 0 Å². The van der Waals surface area contributed by atoms with E-state index < -0.39 is 0 Å². The van der Waals surface area contributed by atoms with E-state index in [2.05, 4.69) is 19.7 Å². The second-order valence-electron chi connectivity index (χ2n) is 6.75. The van der Waals surface area contributed by atoms with Gasteiger partial charge in [-0.1, -0.05) is 60.3 Å². The van der Waals surface area contributed by atoms with Crippen molar-refractivity contribution < 1.29 is 4.79 Å². The Bertz CT molecular complexity index is 1110. The van der Waals surface area contributed by atoms with Crippen molar-refractivity contribution in [3.8, 4) is 11.3 Å². The zero-order valence-electron chi connectivity index (χ0n) is 14.6. The first kappa shape index (κ1) is 16.3. The molecule has 1 N–H and O–H groups in total. The highest BCUT2D eigenvalue weighted by Crippen LogP contribution is 2.38. The number of H-pyrrole nitrogens is 1. The van der Waals surface area contributed by atoms with Crippen molar-refractivity contribution in [1.29, 1.82) is 0 Å². The molecule has 1 aliphatic rings. The minimum Gasteiger partial charge on any atom is -0.354 e. The Hall–Kier alpha value is -2.86. The van der Waals surface area contributed by atoms with Crippen molar-refractivity contribution in [2.24, 2.45) is 0 Å². The van der Waals surface area contributed by atoms with Gasteiger partial charge in [0.1, 0.15) is 6.33 Å². The maximum absolute atomic E-state index is 13.2. The summed E-state index contributed by atoms with van der Waals surface area (Å²) < 4.78 is 2.09. The van der Waals surface area contributed by atoms with Gasteiger partial charge >= 0.3 is 0 Å². The van der Waals surface area contributed by atoms with Gasteiger partial charge in [0.15, 0.2) is 10.9 Å². The first-order valence-electron chi connectivity index (χ1n) is 9.03. The van der Waals surface area contributed by atoms with E-state index in [1.807, 2.05) is 54.6 Å². The van der Waals surface area contributed by atoms with Crippen LogP contribution in [-0.2, 0) is 0 Å². The number of rotatable bonds is 6. The highest BCUT2D eigenvalue weighted by Gasteiger charge is 2.27. The number of nitrogens with zero attached hydrogens (tertiary/aromatic N) is 3. The lowest BCUT2D eigenvalue weighted by molar-refractivity contribution is 0.102. The molecule has 0 saturated heterocycles. The highest BCUT2D eigenvalue weighted by atomic mass is 32.2. The summed E-state index contributed by atoms with van der Waals surface area (Å²) in [5.41, 5.74) is 3.63. The molecule has 4 aromatic rings. The number of Topliss-reactive ketones (excluding diaryl/α,β-unsaturated/α-hetero) is 1. The molecule has 1 saturated carbocycles. The Morgan fingerprint density at radius 3 is 2.70 bits per heavy atom. The Kier molecular flexibility index (Phi) is 4.05. The van der Waals surface area contributed by atoms with Crippen LogP contribution in [0.2, 0.25) is 0 Å². The van der Waals surface area contributed by atoms with E-state index in [9.17, 15) is 4.79 Å². The first-order chi connectivity index (χ1) is 13.3. The number of carbonyl (C=O) groups is 1. The molecule has 0 aliphatic heterocycles. The van der Waals surface area contributed by atoms with Crippen LogP contribution in [0.25, 0.3) is 22.2 Å². The lowest BCUT2D eigenvalue weighted by atomic mass is 10.0. The van der Waals surface area contributed by atoms with Crippen LogP contribution in [0.4, 0.5) is 0 Å². The van der Waals surface area contributed by atoms with Crippen molar-refractivity contribution in [2.75, 3.05) is 5.75 Å². The molecular weight excluding hydrogens is 356 g/mol. The Morgan fingerprint density at radius 1 is 1.11 bits per heavy atom. The summed E-state index contributed by atoms with van der Waals surface area (Å²) in [7, 11) is 0. The molecule has 0 bridgehead atoms. The fraction of sp³-hybridized carbons (Fsp3) is 0.190. The third-order valence-corrected chi connectivity index (χ3v) is 5.82. The van der Waals surface area contributed by atoms with Crippen LogP contribution in [-0.4, -0.2) is 31.3 Å². The summed E-state index contributed by atoms with van der Waals surface area (Å²) in [6.45, 7) is 0. The zero-order chi connectivity index (χ0) is 18.2. The number of aromatic nitrogens is 4. The van der Waals surface area contributed by atoms with Crippen molar-refractivity contribution in [3.63, 3.8) is 0 Å². The summed E-state index contributed by atoms with van der Waals surface area (Å²) in [6.07, 6.45) is 4.10. The Balaban J connectivity index is 1.49. The molecule has 1 fully saturated rings. The summed E-state index contributed by atoms with van der Waals surface area (Å²) in [6, 6.07) is 18.5. The molecular formula is C21H18N4OS. The first-order valence-corrected chi connectivity index (χ1v) is 10.0. The van der Waals surface area contributed by atoms with Crippen LogP contribution in [0.5, 0.6) is 0 Å². The number of hydrogen-bond acceptors (Lipinski definition) is 4. The van der Waals surface area contributed by atoms with Gasteiger partial charge in [-0.15, -0.1) is 10.2 Å². The van der Waals surface area contributed by atoms with Crippen LogP contribution in [0.15, 0.2) is 66.1 Å². The standard InChI is InChI=1S/C21H18N4OS/c26-18(12-27-21-24-22-13-25(21)15-10-11-15)19-16-8-4-5-9-17(16)23-20(19)14-6-2-1-3-7-14/h1-9,13,15,23H,10-12H2. The largest absolute Gasteiger partial charge is 0.354 e. The van der Waals surface area contributed by atoms with Gasteiger partial charge in [-0.3, -0.25) is 4.79 Å². The van der Waals surface area contributed by atoms with Gasteiger partial charge in [0, 0.05) is 16.9 Å². The fourth-order valence-corrected chi connectivity index (χ4v) is 4.25. The fourth-order valence-electron chi connectivity index (χ4n) is 3.39. The second kappa shape index (κ2) is 6.70. The van der Waals surface area contributed by atoms with E-state index in [1.54, 1.807) is 6.33 Å².